The molecule has 0 aliphatic carbocycles. The number of aromatic nitrogens is 3. The Balaban J connectivity index is 1.39. The minimum absolute atomic E-state index is 0.353. The predicted molar refractivity (Wildman–Crippen MR) is 133 cm³/mol. The Hall–Kier alpha value is -3.31. The van der Waals surface area contributed by atoms with E-state index in [1.54, 1.807) is 30.3 Å². The Kier molecular flexibility index (Phi) is 8.32. The van der Waals surface area contributed by atoms with Gasteiger partial charge in [-0.05, 0) is 57.2 Å². The van der Waals surface area contributed by atoms with Crippen molar-refractivity contribution in [2.45, 2.75) is 51.5 Å². The van der Waals surface area contributed by atoms with E-state index in [0.29, 0.717) is 18.1 Å². The number of anilines is 1. The summed E-state index contributed by atoms with van der Waals surface area (Å²) in [6.07, 6.45) is -1.76. The first kappa shape index (κ1) is 25.8. The van der Waals surface area contributed by atoms with Gasteiger partial charge in [-0.1, -0.05) is 17.7 Å². The predicted octanol–water partition coefficient (Wildman–Crippen LogP) is 3.97. The Morgan fingerprint density at radius 2 is 1.72 bits per heavy atom. The number of methoxy groups -OCH3 is 2. The summed E-state index contributed by atoms with van der Waals surface area (Å²) in [6.45, 7) is 6.22. The SMILES string of the molecule is CCO[C@@H]1[C@@H](OC)[C@H](C)O[C@@H](OC(=O)Nc2ccc(-c3ncn(-c4ccc(C)cc4)n3)cc2)[C@@H]1OC. The highest BCUT2D eigenvalue weighted by atomic mass is 16.7. The van der Waals surface area contributed by atoms with Crippen LogP contribution in [0.15, 0.2) is 54.9 Å². The van der Waals surface area contributed by atoms with Crippen molar-refractivity contribution in [1.82, 2.24) is 14.8 Å². The quantitative estimate of drug-likeness (QED) is 0.499. The maximum atomic E-state index is 12.6. The van der Waals surface area contributed by atoms with Crippen LogP contribution >= 0.6 is 0 Å². The van der Waals surface area contributed by atoms with Gasteiger partial charge in [0.1, 0.15) is 24.6 Å². The number of carbonyl (C=O) groups excluding carboxylic acids is 1. The largest absolute Gasteiger partial charge is 0.416 e. The lowest BCUT2D eigenvalue weighted by molar-refractivity contribution is -0.292. The van der Waals surface area contributed by atoms with Crippen molar-refractivity contribution in [1.29, 1.82) is 0 Å². The van der Waals surface area contributed by atoms with Crippen molar-refractivity contribution in [2.75, 3.05) is 26.1 Å². The average Bonchev–Trinajstić information content (AvgIpc) is 3.36. The molecule has 0 bridgehead atoms. The summed E-state index contributed by atoms with van der Waals surface area (Å²) < 4.78 is 30.1. The molecule has 1 fully saturated rings. The first-order chi connectivity index (χ1) is 17.4. The number of carbonyl (C=O) groups is 1. The minimum atomic E-state index is -0.956. The van der Waals surface area contributed by atoms with Crippen molar-refractivity contribution >= 4 is 11.8 Å². The zero-order valence-corrected chi connectivity index (χ0v) is 21.1. The van der Waals surface area contributed by atoms with E-state index in [4.69, 9.17) is 23.7 Å². The van der Waals surface area contributed by atoms with Crippen LogP contribution in [0.5, 0.6) is 0 Å². The number of nitrogens with one attached hydrogen (secondary N) is 1. The molecule has 1 amide bonds. The molecule has 1 saturated heterocycles. The summed E-state index contributed by atoms with van der Waals surface area (Å²) in [5.41, 5.74) is 3.47. The van der Waals surface area contributed by atoms with Crippen LogP contribution in [0.25, 0.3) is 17.1 Å². The molecule has 10 heteroatoms. The molecular formula is C26H32N4O6. The molecule has 36 heavy (non-hydrogen) atoms. The zero-order chi connectivity index (χ0) is 25.7. The number of aryl methyl sites for hydroxylation is 1. The van der Waals surface area contributed by atoms with Crippen LogP contribution in [0.1, 0.15) is 19.4 Å². The fraction of sp³-hybridized carbons (Fsp3) is 0.423. The zero-order valence-electron chi connectivity index (χ0n) is 21.1. The molecule has 2 aromatic carbocycles. The molecule has 3 aromatic rings. The van der Waals surface area contributed by atoms with E-state index >= 15 is 0 Å². The van der Waals surface area contributed by atoms with Gasteiger partial charge < -0.3 is 23.7 Å². The van der Waals surface area contributed by atoms with Crippen molar-refractivity contribution in [3.05, 3.63) is 60.4 Å². The molecule has 1 aliphatic rings. The average molecular weight is 497 g/mol. The molecule has 192 valence electrons. The van der Waals surface area contributed by atoms with Crippen molar-refractivity contribution in [3.63, 3.8) is 0 Å². The van der Waals surface area contributed by atoms with Crippen molar-refractivity contribution < 1.29 is 28.5 Å². The third kappa shape index (κ3) is 5.73. The van der Waals surface area contributed by atoms with E-state index in [1.807, 2.05) is 57.2 Å². The Morgan fingerprint density at radius 3 is 2.36 bits per heavy atom. The molecule has 0 saturated carbocycles. The number of benzene rings is 2. The molecule has 10 nitrogen and oxygen atoms in total. The summed E-state index contributed by atoms with van der Waals surface area (Å²) >= 11 is 0. The number of ether oxygens (including phenoxy) is 5. The monoisotopic (exact) mass is 496 g/mol. The van der Waals surface area contributed by atoms with Crippen LogP contribution in [-0.2, 0) is 23.7 Å². The summed E-state index contributed by atoms with van der Waals surface area (Å²) in [5, 5.41) is 7.27. The summed E-state index contributed by atoms with van der Waals surface area (Å²) in [6, 6.07) is 15.2. The second-order valence-corrected chi connectivity index (χ2v) is 8.49. The van der Waals surface area contributed by atoms with Crippen LogP contribution in [-0.4, -0.2) is 72.4 Å². The number of hydrogen-bond acceptors (Lipinski definition) is 8. The summed E-state index contributed by atoms with van der Waals surface area (Å²) in [5.74, 6) is 0.576. The van der Waals surface area contributed by atoms with Gasteiger partial charge in [-0.15, -0.1) is 5.10 Å². The van der Waals surface area contributed by atoms with Gasteiger partial charge in [0.2, 0.25) is 6.29 Å². The van der Waals surface area contributed by atoms with Crippen LogP contribution < -0.4 is 5.32 Å². The highest BCUT2D eigenvalue weighted by Gasteiger charge is 2.47. The van der Waals surface area contributed by atoms with E-state index < -0.39 is 24.6 Å². The number of amides is 1. The van der Waals surface area contributed by atoms with Crippen molar-refractivity contribution in [2.24, 2.45) is 0 Å². The van der Waals surface area contributed by atoms with Crippen LogP contribution in [0.3, 0.4) is 0 Å². The maximum Gasteiger partial charge on any atom is 0.414 e. The van der Waals surface area contributed by atoms with Gasteiger partial charge in [0.25, 0.3) is 0 Å². The van der Waals surface area contributed by atoms with Crippen LogP contribution in [0, 0.1) is 6.92 Å². The normalized spacial score (nSPS) is 23.9. The number of hydrogen-bond donors (Lipinski definition) is 1. The topological polar surface area (TPSA) is 106 Å². The summed E-state index contributed by atoms with van der Waals surface area (Å²) in [7, 11) is 3.10. The molecule has 5 atom stereocenters. The Bertz CT molecular complexity index is 1130. The fourth-order valence-electron chi connectivity index (χ4n) is 4.20. The molecule has 0 unspecified atom stereocenters. The van der Waals surface area contributed by atoms with Gasteiger partial charge in [-0.3, -0.25) is 5.32 Å². The van der Waals surface area contributed by atoms with Gasteiger partial charge >= 0.3 is 6.09 Å². The maximum absolute atomic E-state index is 12.6. The molecule has 1 aliphatic heterocycles. The lowest BCUT2D eigenvalue weighted by Gasteiger charge is -2.43. The van der Waals surface area contributed by atoms with Crippen LogP contribution in [0.2, 0.25) is 0 Å². The molecule has 1 aromatic heterocycles. The van der Waals surface area contributed by atoms with Gasteiger partial charge in [-0.25, -0.2) is 14.5 Å². The van der Waals surface area contributed by atoms with Crippen LogP contribution in [0.4, 0.5) is 10.5 Å². The van der Waals surface area contributed by atoms with Gasteiger partial charge in [0.15, 0.2) is 5.82 Å². The molecule has 2 heterocycles. The molecule has 0 radical (unpaired) electrons. The third-order valence-corrected chi connectivity index (χ3v) is 6.03. The lowest BCUT2D eigenvalue weighted by Crippen LogP contribution is -2.60. The Morgan fingerprint density at radius 1 is 1.03 bits per heavy atom. The minimum Gasteiger partial charge on any atom is -0.416 e. The highest BCUT2D eigenvalue weighted by molar-refractivity contribution is 5.85. The fourth-order valence-corrected chi connectivity index (χ4v) is 4.20. The van der Waals surface area contributed by atoms with Gasteiger partial charge in [0.05, 0.1) is 11.8 Å². The van der Waals surface area contributed by atoms with Gasteiger partial charge in [-0.2, -0.15) is 0 Å². The molecule has 4 rings (SSSR count). The summed E-state index contributed by atoms with van der Waals surface area (Å²) in [4.78, 5) is 17.0. The first-order valence-corrected chi connectivity index (χ1v) is 11.8. The molecule has 1 N–H and O–H groups in total. The van der Waals surface area contributed by atoms with Gasteiger partial charge in [0, 0.05) is 32.1 Å². The lowest BCUT2D eigenvalue weighted by atomic mass is 9.99. The number of rotatable bonds is 8. The second kappa shape index (κ2) is 11.6. The molecular weight excluding hydrogens is 464 g/mol. The van der Waals surface area contributed by atoms with E-state index in [2.05, 4.69) is 15.4 Å². The van der Waals surface area contributed by atoms with E-state index in [9.17, 15) is 4.79 Å². The second-order valence-electron chi connectivity index (χ2n) is 8.49. The molecule has 0 spiro atoms. The van der Waals surface area contributed by atoms with E-state index in [-0.39, 0.29) is 12.2 Å². The standard InChI is InChI=1S/C26H32N4O6/c1-6-34-22-21(32-4)17(3)35-25(23(22)33-5)36-26(31)28-19-11-9-18(10-12-19)24-27-15-30(29-24)20-13-7-16(2)8-14-20/h7-15,17,21-23,25H,6H2,1-5H3,(H,28,31)/t17-,21-,22+,23+,25-/m0/s1. The highest BCUT2D eigenvalue weighted by Crippen LogP contribution is 2.28. The first-order valence-electron chi connectivity index (χ1n) is 11.8. The van der Waals surface area contributed by atoms with E-state index in [1.165, 1.54) is 12.7 Å². The Labute approximate surface area is 210 Å². The van der Waals surface area contributed by atoms with E-state index in [0.717, 1.165) is 11.3 Å². The third-order valence-electron chi connectivity index (χ3n) is 6.03. The smallest absolute Gasteiger partial charge is 0.414 e. The van der Waals surface area contributed by atoms with Crippen molar-refractivity contribution in [3.8, 4) is 17.1 Å². The number of nitrogens with zero attached hydrogens (tertiary/aromatic N) is 3.